The Kier molecular flexibility index (Phi) is 4.63. The topological polar surface area (TPSA) is 51.1 Å². The van der Waals surface area contributed by atoms with Gasteiger partial charge >= 0.3 is 0 Å². The standard InChI is InChI=1S/C16H17BrN2O2/c1-10-6-13(4-5-15(10)17)18-16(21)9-19-11(2)7-14(20)8-12(19)3/h4-8H,9H2,1-3H3,(H,18,21). The second kappa shape index (κ2) is 6.26. The smallest absolute Gasteiger partial charge is 0.244 e. The molecule has 0 aliphatic rings. The second-order valence-corrected chi connectivity index (χ2v) is 5.93. The Morgan fingerprint density at radius 3 is 2.33 bits per heavy atom. The summed E-state index contributed by atoms with van der Waals surface area (Å²) in [4.78, 5) is 23.5. The van der Waals surface area contributed by atoms with Gasteiger partial charge in [-0.2, -0.15) is 0 Å². The summed E-state index contributed by atoms with van der Waals surface area (Å²) >= 11 is 3.43. The first-order chi connectivity index (χ1) is 9.86. The van der Waals surface area contributed by atoms with Crippen LogP contribution in [-0.2, 0) is 11.3 Å². The average molecular weight is 349 g/mol. The van der Waals surface area contributed by atoms with Crippen LogP contribution in [0.2, 0.25) is 0 Å². The first-order valence-corrected chi connectivity index (χ1v) is 7.40. The molecular formula is C16H17BrN2O2. The van der Waals surface area contributed by atoms with E-state index in [0.29, 0.717) is 0 Å². The molecule has 1 aromatic heterocycles. The summed E-state index contributed by atoms with van der Waals surface area (Å²) in [7, 11) is 0. The van der Waals surface area contributed by atoms with Crippen LogP contribution in [0.4, 0.5) is 5.69 Å². The number of aryl methyl sites for hydroxylation is 3. The van der Waals surface area contributed by atoms with Crippen LogP contribution >= 0.6 is 15.9 Å². The van der Waals surface area contributed by atoms with Crippen LogP contribution in [0.15, 0.2) is 39.6 Å². The molecule has 1 amide bonds. The number of nitrogens with zero attached hydrogens (tertiary/aromatic N) is 1. The molecule has 1 N–H and O–H groups in total. The molecule has 0 aliphatic carbocycles. The number of amides is 1. The van der Waals surface area contributed by atoms with E-state index in [9.17, 15) is 9.59 Å². The lowest BCUT2D eigenvalue weighted by Crippen LogP contribution is -2.23. The van der Waals surface area contributed by atoms with E-state index in [0.717, 1.165) is 27.1 Å². The summed E-state index contributed by atoms with van der Waals surface area (Å²) in [6, 6.07) is 8.72. The zero-order chi connectivity index (χ0) is 15.6. The number of nitrogens with one attached hydrogen (secondary N) is 1. The van der Waals surface area contributed by atoms with E-state index in [1.54, 1.807) is 0 Å². The van der Waals surface area contributed by atoms with Crippen LogP contribution < -0.4 is 10.7 Å². The molecule has 0 bridgehead atoms. The summed E-state index contributed by atoms with van der Waals surface area (Å²) in [6.07, 6.45) is 0. The largest absolute Gasteiger partial charge is 0.340 e. The SMILES string of the molecule is Cc1cc(NC(=O)Cn2c(C)cc(=O)cc2C)ccc1Br. The van der Waals surface area contributed by atoms with Gasteiger partial charge < -0.3 is 9.88 Å². The fourth-order valence-electron chi connectivity index (χ4n) is 2.20. The molecule has 21 heavy (non-hydrogen) atoms. The van der Waals surface area contributed by atoms with E-state index in [4.69, 9.17) is 0 Å². The quantitative estimate of drug-likeness (QED) is 0.925. The van der Waals surface area contributed by atoms with Crippen LogP contribution in [0.5, 0.6) is 0 Å². The molecular weight excluding hydrogens is 332 g/mol. The molecule has 1 heterocycles. The van der Waals surface area contributed by atoms with Crippen LogP contribution in [-0.4, -0.2) is 10.5 Å². The molecule has 0 unspecified atom stereocenters. The Balaban J connectivity index is 2.15. The zero-order valence-corrected chi connectivity index (χ0v) is 13.8. The molecule has 5 heteroatoms. The van der Waals surface area contributed by atoms with Crippen LogP contribution in [0.1, 0.15) is 17.0 Å². The summed E-state index contributed by atoms with van der Waals surface area (Å²) in [5, 5.41) is 2.87. The second-order valence-electron chi connectivity index (χ2n) is 5.07. The maximum atomic E-state index is 12.1. The van der Waals surface area contributed by atoms with Gasteiger partial charge in [0, 0.05) is 33.7 Å². The van der Waals surface area contributed by atoms with Gasteiger partial charge in [0.15, 0.2) is 5.43 Å². The van der Waals surface area contributed by atoms with Gasteiger partial charge in [0.1, 0.15) is 6.54 Å². The predicted molar refractivity (Wildman–Crippen MR) is 87.7 cm³/mol. The minimum atomic E-state index is -0.119. The molecule has 2 rings (SSSR count). The van der Waals surface area contributed by atoms with Crippen molar-refractivity contribution in [1.82, 2.24) is 4.57 Å². The maximum Gasteiger partial charge on any atom is 0.244 e. The fourth-order valence-corrected chi connectivity index (χ4v) is 2.45. The summed E-state index contributed by atoms with van der Waals surface area (Å²) in [6.45, 7) is 5.81. The van der Waals surface area contributed by atoms with Gasteiger partial charge in [0.05, 0.1) is 0 Å². The molecule has 0 saturated heterocycles. The summed E-state index contributed by atoms with van der Waals surface area (Å²) in [5.74, 6) is -0.119. The molecule has 110 valence electrons. The number of halogens is 1. The third-order valence-electron chi connectivity index (χ3n) is 3.30. The summed E-state index contributed by atoms with van der Waals surface area (Å²) in [5.41, 5.74) is 3.34. The number of carbonyl (C=O) groups excluding carboxylic acids is 1. The van der Waals surface area contributed by atoms with Gasteiger partial charge in [-0.3, -0.25) is 9.59 Å². The molecule has 0 radical (unpaired) electrons. The van der Waals surface area contributed by atoms with Crippen molar-refractivity contribution in [2.45, 2.75) is 27.3 Å². The highest BCUT2D eigenvalue weighted by atomic mass is 79.9. The molecule has 0 saturated carbocycles. The van der Waals surface area contributed by atoms with Gasteiger partial charge in [-0.1, -0.05) is 15.9 Å². The van der Waals surface area contributed by atoms with Crippen molar-refractivity contribution in [3.05, 3.63) is 62.0 Å². The maximum absolute atomic E-state index is 12.1. The molecule has 0 atom stereocenters. The van der Waals surface area contributed by atoms with E-state index in [-0.39, 0.29) is 17.9 Å². The Morgan fingerprint density at radius 2 is 1.76 bits per heavy atom. The first kappa shape index (κ1) is 15.5. The highest BCUT2D eigenvalue weighted by Gasteiger charge is 2.08. The lowest BCUT2D eigenvalue weighted by molar-refractivity contribution is -0.116. The summed E-state index contributed by atoms with van der Waals surface area (Å²) < 4.78 is 2.83. The Hall–Kier alpha value is -1.88. The Bertz CT molecular complexity index is 724. The van der Waals surface area contributed by atoms with Crippen molar-refractivity contribution < 1.29 is 4.79 Å². The van der Waals surface area contributed by atoms with Gasteiger partial charge in [-0.05, 0) is 44.5 Å². The highest BCUT2D eigenvalue weighted by molar-refractivity contribution is 9.10. The minimum absolute atomic E-state index is 0.0369. The molecule has 0 spiro atoms. The van der Waals surface area contributed by atoms with Crippen LogP contribution in [0, 0.1) is 20.8 Å². The molecule has 2 aromatic rings. The van der Waals surface area contributed by atoms with E-state index in [1.807, 2.05) is 43.5 Å². The lowest BCUT2D eigenvalue weighted by Gasteiger charge is -2.14. The van der Waals surface area contributed by atoms with Gasteiger partial charge in [0.25, 0.3) is 0 Å². The van der Waals surface area contributed by atoms with Crippen LogP contribution in [0.3, 0.4) is 0 Å². The minimum Gasteiger partial charge on any atom is -0.340 e. The molecule has 1 aromatic carbocycles. The number of rotatable bonds is 3. The molecule has 0 fully saturated rings. The monoisotopic (exact) mass is 348 g/mol. The lowest BCUT2D eigenvalue weighted by atomic mass is 10.2. The fraction of sp³-hybridized carbons (Fsp3) is 0.250. The van der Waals surface area contributed by atoms with Crippen LogP contribution in [0.25, 0.3) is 0 Å². The molecule has 0 aliphatic heterocycles. The van der Waals surface area contributed by atoms with Crippen molar-refractivity contribution in [3.8, 4) is 0 Å². The van der Waals surface area contributed by atoms with Crippen molar-refractivity contribution >= 4 is 27.5 Å². The van der Waals surface area contributed by atoms with Crippen molar-refractivity contribution in [1.29, 1.82) is 0 Å². The van der Waals surface area contributed by atoms with E-state index in [2.05, 4.69) is 21.2 Å². The van der Waals surface area contributed by atoms with Crippen molar-refractivity contribution in [3.63, 3.8) is 0 Å². The number of hydrogen-bond acceptors (Lipinski definition) is 2. The van der Waals surface area contributed by atoms with E-state index < -0.39 is 0 Å². The number of aromatic nitrogens is 1. The number of hydrogen-bond donors (Lipinski definition) is 1. The van der Waals surface area contributed by atoms with Crippen molar-refractivity contribution in [2.75, 3.05) is 5.32 Å². The van der Waals surface area contributed by atoms with Crippen molar-refractivity contribution in [2.24, 2.45) is 0 Å². The van der Waals surface area contributed by atoms with Gasteiger partial charge in [-0.25, -0.2) is 0 Å². The number of pyridine rings is 1. The van der Waals surface area contributed by atoms with E-state index in [1.165, 1.54) is 12.1 Å². The van der Waals surface area contributed by atoms with E-state index >= 15 is 0 Å². The molecule has 4 nitrogen and oxygen atoms in total. The normalized spacial score (nSPS) is 10.5. The third-order valence-corrected chi connectivity index (χ3v) is 4.19. The average Bonchev–Trinajstić information content (AvgIpc) is 2.38. The Labute approximate surface area is 131 Å². The van der Waals surface area contributed by atoms with Gasteiger partial charge in [-0.15, -0.1) is 0 Å². The van der Waals surface area contributed by atoms with Gasteiger partial charge in [0.2, 0.25) is 5.91 Å². The third kappa shape index (κ3) is 3.82. The highest BCUT2D eigenvalue weighted by Crippen LogP contribution is 2.20. The number of benzene rings is 1. The number of anilines is 1. The first-order valence-electron chi connectivity index (χ1n) is 6.61. The predicted octanol–water partition coefficient (Wildman–Crippen LogP) is 3.17. The number of carbonyl (C=O) groups is 1. The Morgan fingerprint density at radius 1 is 1.14 bits per heavy atom. The zero-order valence-electron chi connectivity index (χ0n) is 12.2.